The van der Waals surface area contributed by atoms with Crippen LogP contribution >= 0.6 is 0 Å². The summed E-state index contributed by atoms with van der Waals surface area (Å²) < 4.78 is 14.5. The lowest BCUT2D eigenvalue weighted by atomic mass is 9.86. The second-order valence-electron chi connectivity index (χ2n) is 7.46. The van der Waals surface area contributed by atoms with Gasteiger partial charge in [-0.05, 0) is 42.5 Å². The van der Waals surface area contributed by atoms with Crippen molar-refractivity contribution in [2.45, 2.75) is 31.7 Å². The van der Waals surface area contributed by atoms with E-state index < -0.39 is 11.8 Å². The molecule has 0 spiro atoms. The Morgan fingerprint density at radius 3 is 2.77 bits per heavy atom. The molecule has 7 nitrogen and oxygen atoms in total. The van der Waals surface area contributed by atoms with Crippen molar-refractivity contribution in [3.05, 3.63) is 65.0 Å². The van der Waals surface area contributed by atoms with E-state index in [1.54, 1.807) is 30.5 Å². The number of H-pyrrole nitrogens is 1. The highest BCUT2D eigenvalue weighted by atomic mass is 19.1. The lowest BCUT2D eigenvalue weighted by Crippen LogP contribution is -2.31. The van der Waals surface area contributed by atoms with Crippen molar-refractivity contribution in [2.75, 3.05) is 5.32 Å². The first-order valence-electron chi connectivity index (χ1n) is 9.81. The third-order valence-corrected chi connectivity index (χ3v) is 5.35. The van der Waals surface area contributed by atoms with Crippen molar-refractivity contribution in [2.24, 2.45) is 5.92 Å². The third kappa shape index (κ3) is 4.37. The zero-order valence-electron chi connectivity index (χ0n) is 16.1. The lowest BCUT2D eigenvalue weighted by molar-refractivity contribution is -0.142. The zero-order valence-corrected chi connectivity index (χ0v) is 16.1. The Bertz CT molecular complexity index is 1130. The molecule has 0 bridgehead atoms. The minimum atomic E-state index is -0.793. The molecule has 0 radical (unpaired) electrons. The van der Waals surface area contributed by atoms with E-state index in [-0.39, 0.29) is 29.2 Å². The molecule has 0 aliphatic heterocycles. The molecule has 1 aliphatic rings. The first-order valence-corrected chi connectivity index (χ1v) is 9.81. The fourth-order valence-electron chi connectivity index (χ4n) is 3.84. The molecule has 2 unspecified atom stereocenters. The number of rotatable bonds is 5. The van der Waals surface area contributed by atoms with Crippen LogP contribution in [-0.2, 0) is 4.79 Å². The number of nitrogens with zero attached hydrogens (tertiary/aromatic N) is 2. The van der Waals surface area contributed by atoms with Crippen molar-refractivity contribution in [3.63, 3.8) is 0 Å². The van der Waals surface area contributed by atoms with Gasteiger partial charge in [0.15, 0.2) is 5.82 Å². The van der Waals surface area contributed by atoms with Crippen LogP contribution in [0.1, 0.15) is 25.7 Å². The number of hydrogen-bond acceptors (Lipinski definition) is 5. The molecule has 1 aliphatic carbocycles. The predicted molar refractivity (Wildman–Crippen MR) is 110 cm³/mol. The molecule has 2 aromatic heterocycles. The fraction of sp³-hybridized carbons (Fsp3) is 0.273. The maximum Gasteiger partial charge on any atom is 0.306 e. The summed E-state index contributed by atoms with van der Waals surface area (Å²) in [5.41, 5.74) is 1.97. The van der Waals surface area contributed by atoms with Crippen LogP contribution in [0.3, 0.4) is 0 Å². The van der Waals surface area contributed by atoms with E-state index in [9.17, 15) is 19.1 Å². The van der Waals surface area contributed by atoms with Crippen molar-refractivity contribution < 1.29 is 14.3 Å². The molecule has 0 saturated heterocycles. The SMILES string of the molecule is O=C(O)C1CCCC(Nc2ncc(F)c(-c3cccc(-c4cc[nH]c(=O)c4)c3)n2)C1. The smallest absolute Gasteiger partial charge is 0.306 e. The van der Waals surface area contributed by atoms with Gasteiger partial charge in [-0.25, -0.2) is 14.4 Å². The van der Waals surface area contributed by atoms with Gasteiger partial charge in [0.25, 0.3) is 0 Å². The van der Waals surface area contributed by atoms with E-state index in [1.807, 2.05) is 6.07 Å². The fourth-order valence-corrected chi connectivity index (χ4v) is 3.84. The van der Waals surface area contributed by atoms with Gasteiger partial charge in [0, 0.05) is 23.9 Å². The van der Waals surface area contributed by atoms with Crippen molar-refractivity contribution >= 4 is 11.9 Å². The molecule has 3 N–H and O–H groups in total. The first kappa shape index (κ1) is 19.8. The predicted octanol–water partition coefficient (Wildman–Crippen LogP) is 3.69. The molecular formula is C22H21FN4O3. The largest absolute Gasteiger partial charge is 0.481 e. The second kappa shape index (κ2) is 8.44. The number of aromatic amines is 1. The Kier molecular flexibility index (Phi) is 5.56. The highest BCUT2D eigenvalue weighted by Crippen LogP contribution is 2.29. The Balaban J connectivity index is 1.60. The lowest BCUT2D eigenvalue weighted by Gasteiger charge is -2.27. The highest BCUT2D eigenvalue weighted by molar-refractivity contribution is 5.72. The molecule has 2 heterocycles. The van der Waals surface area contributed by atoms with E-state index in [1.165, 1.54) is 6.07 Å². The number of carboxylic acids is 1. The molecular weight excluding hydrogens is 387 g/mol. The van der Waals surface area contributed by atoms with Crippen LogP contribution in [0.15, 0.2) is 53.6 Å². The van der Waals surface area contributed by atoms with Crippen LogP contribution in [0.5, 0.6) is 0 Å². The van der Waals surface area contributed by atoms with E-state index in [0.717, 1.165) is 30.2 Å². The van der Waals surface area contributed by atoms with Gasteiger partial charge in [0.1, 0.15) is 5.69 Å². The normalized spacial score (nSPS) is 18.7. The minimum Gasteiger partial charge on any atom is -0.481 e. The first-order chi connectivity index (χ1) is 14.5. The van der Waals surface area contributed by atoms with Gasteiger partial charge in [0.2, 0.25) is 11.5 Å². The molecule has 1 fully saturated rings. The number of benzene rings is 1. The molecule has 8 heteroatoms. The molecule has 1 aromatic carbocycles. The number of pyridine rings is 1. The number of halogens is 1. The monoisotopic (exact) mass is 408 g/mol. The van der Waals surface area contributed by atoms with Gasteiger partial charge in [-0.3, -0.25) is 9.59 Å². The summed E-state index contributed by atoms with van der Waals surface area (Å²) in [5.74, 6) is -1.47. The molecule has 154 valence electrons. The molecule has 0 amide bonds. The standard InChI is InChI=1S/C22H21FN4O3/c23-18-12-25-22(26-17-6-2-5-16(10-17)21(29)30)27-20(18)15-4-1-3-13(9-15)14-7-8-24-19(28)11-14/h1,3-4,7-9,11-12,16-17H,2,5-6,10H2,(H,24,28)(H,29,30)(H,25,26,27). The van der Waals surface area contributed by atoms with E-state index in [4.69, 9.17) is 0 Å². The van der Waals surface area contributed by atoms with Gasteiger partial charge in [0.05, 0.1) is 12.1 Å². The number of hydrogen-bond donors (Lipinski definition) is 3. The zero-order chi connectivity index (χ0) is 21.1. The number of carbonyl (C=O) groups is 1. The maximum atomic E-state index is 14.5. The molecule has 30 heavy (non-hydrogen) atoms. The van der Waals surface area contributed by atoms with Gasteiger partial charge in [-0.2, -0.15) is 0 Å². The highest BCUT2D eigenvalue weighted by Gasteiger charge is 2.27. The summed E-state index contributed by atoms with van der Waals surface area (Å²) in [6.45, 7) is 0. The van der Waals surface area contributed by atoms with Gasteiger partial charge >= 0.3 is 5.97 Å². The van der Waals surface area contributed by atoms with Gasteiger partial charge in [-0.1, -0.05) is 24.6 Å². The second-order valence-corrected chi connectivity index (χ2v) is 7.46. The van der Waals surface area contributed by atoms with Crippen LogP contribution in [0.4, 0.5) is 10.3 Å². The van der Waals surface area contributed by atoms with E-state index >= 15 is 0 Å². The van der Waals surface area contributed by atoms with Crippen molar-refractivity contribution in [3.8, 4) is 22.4 Å². The number of nitrogens with one attached hydrogen (secondary N) is 2. The van der Waals surface area contributed by atoms with Crippen molar-refractivity contribution in [1.82, 2.24) is 15.0 Å². The summed E-state index contributed by atoms with van der Waals surface area (Å²) in [6.07, 6.45) is 5.45. The minimum absolute atomic E-state index is 0.0689. The number of carboxylic acid groups (broad SMARTS) is 1. The summed E-state index contributed by atoms with van der Waals surface area (Å²) in [6, 6.07) is 10.3. The summed E-state index contributed by atoms with van der Waals surface area (Å²) in [4.78, 5) is 33.8. The molecule has 1 saturated carbocycles. The summed E-state index contributed by atoms with van der Waals surface area (Å²) in [7, 11) is 0. The number of aliphatic carboxylic acids is 1. The van der Waals surface area contributed by atoms with Crippen LogP contribution in [0.25, 0.3) is 22.4 Å². The molecule has 2 atom stereocenters. The summed E-state index contributed by atoms with van der Waals surface area (Å²) >= 11 is 0. The van der Waals surface area contributed by atoms with E-state index in [2.05, 4.69) is 20.3 Å². The third-order valence-electron chi connectivity index (χ3n) is 5.35. The average Bonchev–Trinajstić information content (AvgIpc) is 2.75. The Morgan fingerprint density at radius 1 is 1.17 bits per heavy atom. The number of aromatic nitrogens is 3. The number of anilines is 1. The topological polar surface area (TPSA) is 108 Å². The Labute approximate surface area is 172 Å². The van der Waals surface area contributed by atoms with Crippen molar-refractivity contribution in [1.29, 1.82) is 0 Å². The van der Waals surface area contributed by atoms with Crippen LogP contribution in [0.2, 0.25) is 0 Å². The van der Waals surface area contributed by atoms with Crippen LogP contribution in [-0.4, -0.2) is 32.1 Å². The van der Waals surface area contributed by atoms with Crippen LogP contribution < -0.4 is 10.9 Å². The Morgan fingerprint density at radius 2 is 1.97 bits per heavy atom. The van der Waals surface area contributed by atoms with Gasteiger partial charge in [-0.15, -0.1) is 0 Å². The van der Waals surface area contributed by atoms with E-state index in [0.29, 0.717) is 18.4 Å². The molecule has 4 rings (SSSR count). The molecule has 3 aromatic rings. The average molecular weight is 408 g/mol. The van der Waals surface area contributed by atoms with Gasteiger partial charge < -0.3 is 15.4 Å². The Hall–Kier alpha value is -3.55. The quantitative estimate of drug-likeness (QED) is 0.594. The van der Waals surface area contributed by atoms with Crippen LogP contribution in [0, 0.1) is 11.7 Å². The maximum absolute atomic E-state index is 14.5. The summed E-state index contributed by atoms with van der Waals surface area (Å²) in [5, 5.41) is 12.4.